The van der Waals surface area contributed by atoms with E-state index < -0.39 is 10.0 Å². The molecule has 0 saturated carbocycles. The number of benzene rings is 1. The van der Waals surface area contributed by atoms with Gasteiger partial charge in [0.2, 0.25) is 10.0 Å². The monoisotopic (exact) mass is 313 g/mol. The van der Waals surface area contributed by atoms with Gasteiger partial charge in [-0.2, -0.15) is 0 Å². The lowest BCUT2D eigenvalue weighted by Gasteiger charge is -2.17. The molecule has 0 amide bonds. The molecule has 1 aromatic carbocycles. The fraction of sp³-hybridized carbons (Fsp3) is 0.600. The summed E-state index contributed by atoms with van der Waals surface area (Å²) >= 11 is 0. The zero-order valence-corrected chi connectivity index (χ0v) is 14.2. The first-order chi connectivity index (χ1) is 9.85. The van der Waals surface area contributed by atoms with Gasteiger partial charge in [0.1, 0.15) is 0 Å². The van der Waals surface area contributed by atoms with E-state index in [-0.39, 0.29) is 6.04 Å². The largest absolute Gasteiger partial charge is 0.313 e. The molecule has 0 aliphatic rings. The molecule has 0 spiro atoms. The van der Waals surface area contributed by atoms with Crippen molar-refractivity contribution in [3.05, 3.63) is 29.8 Å². The van der Waals surface area contributed by atoms with E-state index in [1.54, 1.807) is 12.1 Å². The van der Waals surface area contributed by atoms with Crippen molar-refractivity contribution in [2.75, 3.05) is 27.2 Å². The first-order valence-corrected chi connectivity index (χ1v) is 8.80. The summed E-state index contributed by atoms with van der Waals surface area (Å²) < 4.78 is 27.3. The highest BCUT2D eigenvalue weighted by Crippen LogP contribution is 2.11. The van der Waals surface area contributed by atoms with E-state index in [9.17, 15) is 8.42 Å². The van der Waals surface area contributed by atoms with Gasteiger partial charge in [-0.25, -0.2) is 13.1 Å². The number of sulfonamides is 1. The molecular formula is C15H27N3O2S. The van der Waals surface area contributed by atoms with Crippen LogP contribution in [-0.2, 0) is 16.6 Å². The smallest absolute Gasteiger partial charge is 0.240 e. The number of nitrogens with zero attached hydrogens (tertiary/aromatic N) is 1. The van der Waals surface area contributed by atoms with Crippen molar-refractivity contribution < 1.29 is 8.42 Å². The maximum absolute atomic E-state index is 12.3. The Kier molecular flexibility index (Phi) is 7.31. The summed E-state index contributed by atoms with van der Waals surface area (Å²) in [5, 5.41) is 3.21. The summed E-state index contributed by atoms with van der Waals surface area (Å²) in [7, 11) is 0.519. The molecule has 21 heavy (non-hydrogen) atoms. The molecule has 0 saturated heterocycles. The third-order valence-electron chi connectivity index (χ3n) is 3.18. The van der Waals surface area contributed by atoms with Crippen molar-refractivity contribution in [2.24, 2.45) is 0 Å². The molecule has 1 aromatic rings. The molecule has 0 bridgehead atoms. The second-order valence-corrected chi connectivity index (χ2v) is 7.25. The van der Waals surface area contributed by atoms with Crippen LogP contribution in [0.5, 0.6) is 0 Å². The lowest BCUT2D eigenvalue weighted by molar-refractivity contribution is 0.379. The Morgan fingerprint density at radius 3 is 2.33 bits per heavy atom. The molecule has 0 aliphatic carbocycles. The molecule has 1 rings (SSSR count). The zero-order valence-electron chi connectivity index (χ0n) is 13.4. The van der Waals surface area contributed by atoms with E-state index in [0.29, 0.717) is 4.90 Å². The van der Waals surface area contributed by atoms with E-state index >= 15 is 0 Å². The van der Waals surface area contributed by atoms with Gasteiger partial charge in [0.05, 0.1) is 4.90 Å². The molecule has 0 aliphatic heterocycles. The van der Waals surface area contributed by atoms with E-state index in [4.69, 9.17) is 0 Å². The molecule has 2 N–H and O–H groups in total. The van der Waals surface area contributed by atoms with Crippen molar-refractivity contribution in [1.29, 1.82) is 0 Å². The van der Waals surface area contributed by atoms with Gasteiger partial charge < -0.3 is 10.2 Å². The second-order valence-electron chi connectivity index (χ2n) is 5.54. The quantitative estimate of drug-likeness (QED) is 0.724. The highest BCUT2D eigenvalue weighted by atomic mass is 32.2. The fourth-order valence-corrected chi connectivity index (χ4v) is 3.18. The first kappa shape index (κ1) is 18.1. The van der Waals surface area contributed by atoms with Gasteiger partial charge in [0.25, 0.3) is 0 Å². The second kappa shape index (κ2) is 8.48. The van der Waals surface area contributed by atoms with Crippen molar-refractivity contribution in [3.8, 4) is 0 Å². The minimum absolute atomic E-state index is 0.0844. The Morgan fingerprint density at radius 2 is 1.81 bits per heavy atom. The summed E-state index contributed by atoms with van der Waals surface area (Å²) in [6.07, 6.45) is 0.782. The van der Waals surface area contributed by atoms with Gasteiger partial charge in [-0.3, -0.25) is 0 Å². The molecule has 5 nitrogen and oxygen atoms in total. The molecular weight excluding hydrogens is 286 g/mol. The molecule has 0 radical (unpaired) electrons. The van der Waals surface area contributed by atoms with Crippen LogP contribution in [0.25, 0.3) is 0 Å². The molecule has 0 aromatic heterocycles. The van der Waals surface area contributed by atoms with Crippen LogP contribution in [-0.4, -0.2) is 46.5 Å². The lowest BCUT2D eigenvalue weighted by atomic mass is 10.2. The topological polar surface area (TPSA) is 61.4 Å². The molecule has 1 atom stereocenters. The molecule has 120 valence electrons. The van der Waals surface area contributed by atoms with Gasteiger partial charge in [0.15, 0.2) is 0 Å². The standard InChI is InChI=1S/C15H27N3O2S/c1-5-16-12-14-6-8-15(9-7-14)21(19,20)17-13(2)10-11-18(3)4/h6-9,13,16-17H,5,10-12H2,1-4H3. The van der Waals surface area contributed by atoms with Gasteiger partial charge >= 0.3 is 0 Å². The predicted molar refractivity (Wildman–Crippen MR) is 86.8 cm³/mol. The van der Waals surface area contributed by atoms with E-state index in [1.165, 1.54) is 0 Å². The number of hydrogen-bond acceptors (Lipinski definition) is 4. The highest BCUT2D eigenvalue weighted by molar-refractivity contribution is 7.89. The van der Waals surface area contributed by atoms with Crippen molar-refractivity contribution in [3.63, 3.8) is 0 Å². The average molecular weight is 313 g/mol. The molecule has 6 heteroatoms. The third kappa shape index (κ3) is 6.56. The summed E-state index contributed by atoms with van der Waals surface area (Å²) in [4.78, 5) is 2.36. The van der Waals surface area contributed by atoms with Crippen LogP contribution in [0.1, 0.15) is 25.8 Å². The maximum Gasteiger partial charge on any atom is 0.240 e. The minimum Gasteiger partial charge on any atom is -0.313 e. The van der Waals surface area contributed by atoms with Gasteiger partial charge in [0, 0.05) is 12.6 Å². The lowest BCUT2D eigenvalue weighted by Crippen LogP contribution is -2.34. The number of hydrogen-bond donors (Lipinski definition) is 2. The van der Waals surface area contributed by atoms with Crippen LogP contribution in [0.4, 0.5) is 0 Å². The van der Waals surface area contributed by atoms with Gasteiger partial charge in [-0.15, -0.1) is 0 Å². The van der Waals surface area contributed by atoms with Crippen LogP contribution in [0.15, 0.2) is 29.2 Å². The third-order valence-corrected chi connectivity index (χ3v) is 4.78. The normalized spacial score (nSPS) is 13.6. The van der Waals surface area contributed by atoms with Crippen LogP contribution < -0.4 is 10.0 Å². The van der Waals surface area contributed by atoms with Crippen LogP contribution in [0.3, 0.4) is 0 Å². The highest BCUT2D eigenvalue weighted by Gasteiger charge is 2.17. The predicted octanol–water partition coefficient (Wildman–Crippen LogP) is 1.41. The Balaban J connectivity index is 2.65. The Labute approximate surface area is 128 Å². The van der Waals surface area contributed by atoms with E-state index in [1.807, 2.05) is 45.0 Å². The Hall–Kier alpha value is -0.950. The summed E-state index contributed by atoms with van der Waals surface area (Å²) in [6.45, 7) is 6.43. The van der Waals surface area contributed by atoms with Crippen molar-refractivity contribution in [2.45, 2.75) is 37.8 Å². The number of nitrogens with one attached hydrogen (secondary N) is 2. The molecule has 0 fully saturated rings. The minimum atomic E-state index is -3.43. The maximum atomic E-state index is 12.3. The van der Waals surface area contributed by atoms with Gasteiger partial charge in [-0.1, -0.05) is 19.1 Å². The SMILES string of the molecule is CCNCc1ccc(S(=O)(=O)NC(C)CCN(C)C)cc1. The number of rotatable bonds is 9. The molecule has 1 unspecified atom stereocenters. The van der Waals surface area contributed by atoms with Crippen LogP contribution in [0, 0.1) is 0 Å². The van der Waals surface area contributed by atoms with Crippen LogP contribution >= 0.6 is 0 Å². The average Bonchev–Trinajstić information content (AvgIpc) is 2.43. The summed E-state index contributed by atoms with van der Waals surface area (Å²) in [5.74, 6) is 0. The van der Waals surface area contributed by atoms with Crippen molar-refractivity contribution >= 4 is 10.0 Å². The van der Waals surface area contributed by atoms with Gasteiger partial charge in [-0.05, 0) is 58.2 Å². The van der Waals surface area contributed by atoms with Crippen LogP contribution in [0.2, 0.25) is 0 Å². The summed E-state index contributed by atoms with van der Waals surface area (Å²) in [5.41, 5.74) is 1.08. The fourth-order valence-electron chi connectivity index (χ4n) is 1.90. The van der Waals surface area contributed by atoms with Crippen molar-refractivity contribution in [1.82, 2.24) is 14.9 Å². The Bertz CT molecular complexity index is 512. The van der Waals surface area contributed by atoms with E-state index in [2.05, 4.69) is 10.0 Å². The van der Waals surface area contributed by atoms with E-state index in [0.717, 1.165) is 31.6 Å². The zero-order chi connectivity index (χ0) is 15.9. The molecule has 0 heterocycles. The Morgan fingerprint density at radius 1 is 1.19 bits per heavy atom. The summed E-state index contributed by atoms with van der Waals surface area (Å²) in [6, 6.07) is 6.93. The first-order valence-electron chi connectivity index (χ1n) is 7.32.